The van der Waals surface area contributed by atoms with Crippen LogP contribution in [0.15, 0.2) is 77.7 Å². The highest BCUT2D eigenvalue weighted by atomic mass is 16.5. The first kappa shape index (κ1) is 20.1. The van der Waals surface area contributed by atoms with Crippen molar-refractivity contribution in [1.82, 2.24) is 4.57 Å². The van der Waals surface area contributed by atoms with Crippen molar-refractivity contribution in [3.8, 4) is 0 Å². The van der Waals surface area contributed by atoms with Gasteiger partial charge in [0, 0.05) is 30.6 Å². The minimum atomic E-state index is -0.429. The highest BCUT2D eigenvalue weighted by Crippen LogP contribution is 2.27. The molecule has 0 aliphatic carbocycles. The highest BCUT2D eigenvalue weighted by Gasteiger charge is 2.16. The molecule has 3 aromatic rings. The Bertz CT molecular complexity index is 1070. The molecule has 3 rings (SSSR count). The van der Waals surface area contributed by atoms with Crippen LogP contribution in [0.1, 0.15) is 29.8 Å². The van der Waals surface area contributed by atoms with Gasteiger partial charge in [-0.15, -0.1) is 0 Å². The van der Waals surface area contributed by atoms with Crippen molar-refractivity contribution in [2.45, 2.75) is 20.4 Å². The molecule has 0 fully saturated rings. The molecule has 0 N–H and O–H groups in total. The van der Waals surface area contributed by atoms with E-state index in [-0.39, 0.29) is 18.1 Å². The molecule has 0 radical (unpaired) electrons. The van der Waals surface area contributed by atoms with Gasteiger partial charge in [-0.25, -0.2) is 4.79 Å². The number of ether oxygens (including phenoxy) is 1. The van der Waals surface area contributed by atoms with Crippen molar-refractivity contribution in [2.75, 3.05) is 11.5 Å². The fourth-order valence-electron chi connectivity index (χ4n) is 3.04. The molecule has 6 nitrogen and oxygen atoms in total. The Labute approximate surface area is 169 Å². The Morgan fingerprint density at radius 3 is 2.38 bits per heavy atom. The third-order valence-corrected chi connectivity index (χ3v) is 4.38. The number of carbonyl (C=O) groups is 2. The largest absolute Gasteiger partial charge is 0.462 e. The lowest BCUT2D eigenvalue weighted by Crippen LogP contribution is -2.23. The summed E-state index contributed by atoms with van der Waals surface area (Å²) >= 11 is 0. The summed E-state index contributed by atoms with van der Waals surface area (Å²) in [6.07, 6.45) is 1.74. The van der Waals surface area contributed by atoms with Crippen LogP contribution in [0.4, 0.5) is 11.4 Å². The molecule has 0 bridgehead atoms. The minimum Gasteiger partial charge on any atom is -0.462 e. The smallest absolute Gasteiger partial charge is 0.338 e. The van der Waals surface area contributed by atoms with Crippen LogP contribution in [0.25, 0.3) is 0 Å². The number of esters is 1. The van der Waals surface area contributed by atoms with Crippen LogP contribution in [0.5, 0.6) is 0 Å². The zero-order chi connectivity index (χ0) is 20.8. The van der Waals surface area contributed by atoms with Gasteiger partial charge in [0.15, 0.2) is 0 Å². The van der Waals surface area contributed by atoms with Crippen molar-refractivity contribution in [3.05, 3.63) is 94.4 Å². The van der Waals surface area contributed by atoms with E-state index < -0.39 is 5.97 Å². The van der Waals surface area contributed by atoms with Gasteiger partial charge in [0.05, 0.1) is 18.7 Å². The number of amides is 1. The maximum Gasteiger partial charge on any atom is 0.338 e. The van der Waals surface area contributed by atoms with Crippen molar-refractivity contribution in [2.24, 2.45) is 0 Å². The Kier molecular flexibility index (Phi) is 6.24. The molecular weight excluding hydrogens is 368 g/mol. The van der Waals surface area contributed by atoms with Crippen molar-refractivity contribution < 1.29 is 14.3 Å². The van der Waals surface area contributed by atoms with Crippen LogP contribution in [0, 0.1) is 0 Å². The van der Waals surface area contributed by atoms with Crippen LogP contribution >= 0.6 is 0 Å². The van der Waals surface area contributed by atoms with Gasteiger partial charge in [-0.05, 0) is 48.9 Å². The standard InChI is InChI=1S/C23H22N2O4/c1-3-29-23(28)19-7-6-8-21(15-19)25(17(2)26)20-12-10-18(11-13-20)16-24-14-5-4-9-22(24)27/h4-15H,3,16H2,1-2H3. The van der Waals surface area contributed by atoms with Gasteiger partial charge in [-0.1, -0.05) is 24.3 Å². The molecule has 148 valence electrons. The van der Waals surface area contributed by atoms with Gasteiger partial charge < -0.3 is 9.30 Å². The van der Waals surface area contributed by atoms with E-state index in [1.54, 1.807) is 48.0 Å². The lowest BCUT2D eigenvalue weighted by atomic mass is 10.1. The Morgan fingerprint density at radius 2 is 1.72 bits per heavy atom. The summed E-state index contributed by atoms with van der Waals surface area (Å²) in [7, 11) is 0. The predicted octanol–water partition coefficient (Wildman–Crippen LogP) is 3.76. The molecule has 1 amide bonds. The fourth-order valence-corrected chi connectivity index (χ4v) is 3.04. The lowest BCUT2D eigenvalue weighted by molar-refractivity contribution is -0.115. The summed E-state index contributed by atoms with van der Waals surface area (Å²) in [6, 6.07) is 19.2. The van der Waals surface area contributed by atoms with Crippen LogP contribution < -0.4 is 10.5 Å². The predicted molar refractivity (Wildman–Crippen MR) is 111 cm³/mol. The van der Waals surface area contributed by atoms with Gasteiger partial charge in [0.2, 0.25) is 5.91 Å². The molecule has 0 unspecified atom stereocenters. The van der Waals surface area contributed by atoms with E-state index in [9.17, 15) is 14.4 Å². The lowest BCUT2D eigenvalue weighted by Gasteiger charge is -2.22. The topological polar surface area (TPSA) is 68.6 Å². The average Bonchev–Trinajstić information content (AvgIpc) is 2.71. The van der Waals surface area contributed by atoms with E-state index in [1.807, 2.05) is 30.3 Å². The molecule has 2 aromatic carbocycles. The Balaban J connectivity index is 1.87. The Hall–Kier alpha value is -3.67. The van der Waals surface area contributed by atoms with E-state index >= 15 is 0 Å². The first-order valence-electron chi connectivity index (χ1n) is 9.32. The van der Waals surface area contributed by atoms with E-state index in [0.29, 0.717) is 23.5 Å². The molecule has 0 aliphatic heterocycles. The second-order valence-electron chi connectivity index (χ2n) is 6.46. The number of carbonyl (C=O) groups excluding carboxylic acids is 2. The summed E-state index contributed by atoms with van der Waals surface area (Å²) in [6.45, 7) is 3.94. The monoisotopic (exact) mass is 390 g/mol. The van der Waals surface area contributed by atoms with E-state index in [0.717, 1.165) is 5.56 Å². The third-order valence-electron chi connectivity index (χ3n) is 4.38. The second kappa shape index (κ2) is 9.01. The summed E-state index contributed by atoms with van der Waals surface area (Å²) in [5.74, 6) is -0.612. The summed E-state index contributed by atoms with van der Waals surface area (Å²) < 4.78 is 6.65. The third kappa shape index (κ3) is 4.79. The van der Waals surface area contributed by atoms with Crippen molar-refractivity contribution in [3.63, 3.8) is 0 Å². The van der Waals surface area contributed by atoms with Crippen LogP contribution in [0.3, 0.4) is 0 Å². The van der Waals surface area contributed by atoms with Gasteiger partial charge in [0.1, 0.15) is 0 Å². The van der Waals surface area contributed by atoms with Crippen molar-refractivity contribution >= 4 is 23.3 Å². The molecule has 0 saturated heterocycles. The zero-order valence-corrected chi connectivity index (χ0v) is 16.4. The number of hydrogen-bond acceptors (Lipinski definition) is 4. The molecule has 0 atom stereocenters. The quantitative estimate of drug-likeness (QED) is 0.601. The molecule has 0 spiro atoms. The number of benzene rings is 2. The number of hydrogen-bond donors (Lipinski definition) is 0. The zero-order valence-electron chi connectivity index (χ0n) is 16.4. The number of rotatable bonds is 6. The van der Waals surface area contributed by atoms with Gasteiger partial charge >= 0.3 is 5.97 Å². The fraction of sp³-hybridized carbons (Fsp3) is 0.174. The Morgan fingerprint density at radius 1 is 0.966 bits per heavy atom. The van der Waals surface area contributed by atoms with Gasteiger partial charge in [-0.2, -0.15) is 0 Å². The van der Waals surface area contributed by atoms with E-state index in [4.69, 9.17) is 4.74 Å². The highest BCUT2D eigenvalue weighted by molar-refractivity contribution is 6.00. The molecule has 1 heterocycles. The molecule has 1 aromatic heterocycles. The van der Waals surface area contributed by atoms with Crippen LogP contribution in [0.2, 0.25) is 0 Å². The van der Waals surface area contributed by atoms with Gasteiger partial charge in [0.25, 0.3) is 5.56 Å². The first-order valence-corrected chi connectivity index (χ1v) is 9.32. The van der Waals surface area contributed by atoms with Crippen LogP contribution in [-0.4, -0.2) is 23.1 Å². The SMILES string of the molecule is CCOC(=O)c1cccc(N(C(C)=O)c2ccc(Cn3ccccc3=O)cc2)c1. The number of pyridine rings is 1. The summed E-state index contributed by atoms with van der Waals surface area (Å²) in [5, 5.41) is 0. The molecule has 6 heteroatoms. The number of aromatic nitrogens is 1. The maximum absolute atomic E-state index is 12.3. The van der Waals surface area contributed by atoms with Gasteiger partial charge in [-0.3, -0.25) is 14.5 Å². The molecule has 29 heavy (non-hydrogen) atoms. The minimum absolute atomic E-state index is 0.0716. The average molecular weight is 390 g/mol. The normalized spacial score (nSPS) is 10.4. The van der Waals surface area contributed by atoms with Crippen LogP contribution in [-0.2, 0) is 16.1 Å². The first-order chi connectivity index (χ1) is 14.0. The molecular formula is C23H22N2O4. The van der Waals surface area contributed by atoms with E-state index in [1.165, 1.54) is 17.9 Å². The molecule has 0 aliphatic rings. The number of anilines is 2. The summed E-state index contributed by atoms with van der Waals surface area (Å²) in [5.41, 5.74) is 2.50. The second-order valence-corrected chi connectivity index (χ2v) is 6.46. The molecule has 0 saturated carbocycles. The number of nitrogens with zero attached hydrogens (tertiary/aromatic N) is 2. The van der Waals surface area contributed by atoms with E-state index in [2.05, 4.69) is 0 Å². The maximum atomic E-state index is 12.3. The van der Waals surface area contributed by atoms with Crippen molar-refractivity contribution in [1.29, 1.82) is 0 Å². The summed E-state index contributed by atoms with van der Waals surface area (Å²) in [4.78, 5) is 37.8.